The minimum Gasteiger partial charge on any atom is -0.481 e. The molecule has 3 aromatic rings. The minimum absolute atomic E-state index is 0.0335. The van der Waals surface area contributed by atoms with Gasteiger partial charge in [-0.25, -0.2) is 9.97 Å². The van der Waals surface area contributed by atoms with E-state index in [-0.39, 0.29) is 6.42 Å². The normalized spacial score (nSPS) is 11.0. The Bertz CT molecular complexity index is 915. The van der Waals surface area contributed by atoms with E-state index in [1.165, 1.54) is 0 Å². The largest absolute Gasteiger partial charge is 0.481 e. The van der Waals surface area contributed by atoms with E-state index in [4.69, 9.17) is 5.11 Å². The monoisotopic (exact) mass is 324 g/mol. The molecule has 0 atom stereocenters. The summed E-state index contributed by atoms with van der Waals surface area (Å²) in [6.07, 6.45) is 2.60. The number of fused-ring (bicyclic) bond motifs is 1. The molecular weight excluding hydrogens is 304 g/mol. The summed E-state index contributed by atoms with van der Waals surface area (Å²) < 4.78 is 2.03. The smallest absolute Gasteiger partial charge is 0.307 e. The second-order valence-corrected chi connectivity index (χ2v) is 5.82. The number of nitrogens with one attached hydrogen (secondary N) is 1. The Hall–Kier alpha value is -2.89. The van der Waals surface area contributed by atoms with Crippen LogP contribution in [-0.2, 0) is 24.7 Å². The molecule has 0 saturated carbocycles. The number of pyridine rings is 1. The molecule has 0 unspecified atom stereocenters. The van der Waals surface area contributed by atoms with E-state index in [2.05, 4.69) is 15.3 Å². The zero-order chi connectivity index (χ0) is 17.3. The van der Waals surface area contributed by atoms with E-state index >= 15 is 0 Å². The number of nitrogens with zero attached hydrogens (tertiary/aromatic N) is 3. The van der Waals surface area contributed by atoms with Gasteiger partial charge >= 0.3 is 5.97 Å². The summed E-state index contributed by atoms with van der Waals surface area (Å²) in [6, 6.07) is 7.66. The molecular formula is C18H20N4O2. The van der Waals surface area contributed by atoms with Crippen LogP contribution < -0.4 is 5.32 Å². The summed E-state index contributed by atoms with van der Waals surface area (Å²) in [4.78, 5) is 19.7. The van der Waals surface area contributed by atoms with Crippen molar-refractivity contribution in [3.63, 3.8) is 0 Å². The number of benzene rings is 1. The zero-order valence-corrected chi connectivity index (χ0v) is 14.0. The predicted molar refractivity (Wildman–Crippen MR) is 93.7 cm³/mol. The van der Waals surface area contributed by atoms with Gasteiger partial charge in [0.1, 0.15) is 17.2 Å². The number of hydrogen-bond acceptors (Lipinski definition) is 4. The van der Waals surface area contributed by atoms with E-state index in [1.807, 2.05) is 49.7 Å². The lowest BCUT2D eigenvalue weighted by molar-refractivity contribution is -0.136. The maximum absolute atomic E-state index is 10.9. The number of carboxylic acid groups (broad SMARTS) is 1. The Morgan fingerprint density at radius 2 is 2.12 bits per heavy atom. The second-order valence-electron chi connectivity index (χ2n) is 5.82. The summed E-state index contributed by atoms with van der Waals surface area (Å²) in [5.41, 5.74) is 4.70. The van der Waals surface area contributed by atoms with Gasteiger partial charge in [0, 0.05) is 18.8 Å². The molecule has 2 heterocycles. The van der Waals surface area contributed by atoms with Crippen LogP contribution in [0, 0.1) is 6.92 Å². The molecule has 1 aromatic carbocycles. The van der Waals surface area contributed by atoms with E-state index in [1.54, 1.807) is 6.20 Å². The lowest BCUT2D eigenvalue weighted by Crippen LogP contribution is -2.03. The van der Waals surface area contributed by atoms with Gasteiger partial charge in [-0.1, -0.05) is 19.1 Å². The van der Waals surface area contributed by atoms with Gasteiger partial charge in [0.25, 0.3) is 0 Å². The van der Waals surface area contributed by atoms with Gasteiger partial charge in [0.15, 0.2) is 0 Å². The van der Waals surface area contributed by atoms with Crippen molar-refractivity contribution in [3.8, 4) is 0 Å². The molecule has 0 amide bonds. The Kier molecular flexibility index (Phi) is 4.20. The predicted octanol–water partition coefficient (Wildman–Crippen LogP) is 3.21. The van der Waals surface area contributed by atoms with Gasteiger partial charge in [0.2, 0.25) is 0 Å². The zero-order valence-electron chi connectivity index (χ0n) is 14.0. The SMILES string of the molecule is CCc1cc(CC(=O)O)ccc1Nc1cc2c(cn1)nc(C)n2C. The lowest BCUT2D eigenvalue weighted by atomic mass is 10.0. The van der Waals surface area contributed by atoms with Crippen molar-refractivity contribution in [1.29, 1.82) is 0 Å². The maximum atomic E-state index is 10.9. The van der Waals surface area contributed by atoms with Crippen LogP contribution in [0.4, 0.5) is 11.5 Å². The second kappa shape index (κ2) is 6.31. The first-order valence-electron chi connectivity index (χ1n) is 7.87. The number of carboxylic acids is 1. The third kappa shape index (κ3) is 3.08. The number of hydrogen-bond donors (Lipinski definition) is 2. The van der Waals surface area contributed by atoms with E-state index in [9.17, 15) is 4.79 Å². The Morgan fingerprint density at radius 3 is 2.83 bits per heavy atom. The summed E-state index contributed by atoms with van der Waals surface area (Å²) in [5.74, 6) is 0.860. The van der Waals surface area contributed by atoms with Crippen LogP contribution in [-0.4, -0.2) is 25.6 Å². The van der Waals surface area contributed by atoms with Crippen LogP contribution in [0.25, 0.3) is 11.0 Å². The van der Waals surface area contributed by atoms with Crippen molar-refractivity contribution in [3.05, 3.63) is 47.4 Å². The molecule has 0 fully saturated rings. The van der Waals surface area contributed by atoms with Gasteiger partial charge in [-0.3, -0.25) is 4.79 Å². The fourth-order valence-corrected chi connectivity index (χ4v) is 2.77. The van der Waals surface area contributed by atoms with Crippen molar-refractivity contribution in [2.45, 2.75) is 26.7 Å². The first-order chi connectivity index (χ1) is 11.5. The number of aromatic nitrogens is 3. The number of aryl methyl sites for hydroxylation is 3. The number of anilines is 2. The van der Waals surface area contributed by atoms with Crippen molar-refractivity contribution in [1.82, 2.24) is 14.5 Å². The summed E-state index contributed by atoms with van der Waals surface area (Å²) in [6.45, 7) is 4.01. The molecule has 0 saturated heterocycles. The summed E-state index contributed by atoms with van der Waals surface area (Å²) >= 11 is 0. The Balaban J connectivity index is 1.92. The summed E-state index contributed by atoms with van der Waals surface area (Å²) in [5, 5.41) is 12.3. The molecule has 2 N–H and O–H groups in total. The molecule has 3 rings (SSSR count). The van der Waals surface area contributed by atoms with E-state index in [0.717, 1.165) is 45.9 Å². The van der Waals surface area contributed by atoms with E-state index in [0.29, 0.717) is 0 Å². The molecule has 0 spiro atoms. The molecule has 0 aliphatic heterocycles. The van der Waals surface area contributed by atoms with Crippen molar-refractivity contribution in [2.24, 2.45) is 7.05 Å². The average Bonchev–Trinajstić information content (AvgIpc) is 2.83. The molecule has 2 aromatic heterocycles. The topological polar surface area (TPSA) is 80.0 Å². The van der Waals surface area contributed by atoms with Crippen LogP contribution in [0.1, 0.15) is 23.9 Å². The lowest BCUT2D eigenvalue weighted by Gasteiger charge is -2.12. The molecule has 6 heteroatoms. The average molecular weight is 324 g/mol. The van der Waals surface area contributed by atoms with Gasteiger partial charge in [-0.15, -0.1) is 0 Å². The fraction of sp³-hybridized carbons (Fsp3) is 0.278. The van der Waals surface area contributed by atoms with E-state index < -0.39 is 5.97 Å². The molecule has 6 nitrogen and oxygen atoms in total. The molecule has 124 valence electrons. The van der Waals surface area contributed by atoms with Crippen LogP contribution in [0.15, 0.2) is 30.5 Å². The highest BCUT2D eigenvalue weighted by atomic mass is 16.4. The number of carbonyl (C=O) groups is 1. The van der Waals surface area contributed by atoms with Gasteiger partial charge in [-0.05, 0) is 30.5 Å². The highest BCUT2D eigenvalue weighted by molar-refractivity contribution is 5.79. The molecule has 0 aliphatic carbocycles. The van der Waals surface area contributed by atoms with Gasteiger partial charge in [0.05, 0.1) is 18.1 Å². The van der Waals surface area contributed by atoms with Crippen LogP contribution in [0.3, 0.4) is 0 Å². The van der Waals surface area contributed by atoms with Crippen LogP contribution >= 0.6 is 0 Å². The first-order valence-corrected chi connectivity index (χ1v) is 7.87. The van der Waals surface area contributed by atoms with Crippen molar-refractivity contribution in [2.75, 3.05) is 5.32 Å². The summed E-state index contributed by atoms with van der Waals surface area (Å²) in [7, 11) is 1.98. The quantitative estimate of drug-likeness (QED) is 0.753. The van der Waals surface area contributed by atoms with Crippen LogP contribution in [0.2, 0.25) is 0 Å². The number of aliphatic carboxylic acids is 1. The molecule has 24 heavy (non-hydrogen) atoms. The Morgan fingerprint density at radius 1 is 1.33 bits per heavy atom. The molecule has 0 aliphatic rings. The Labute approximate surface area is 140 Å². The van der Waals surface area contributed by atoms with Gasteiger partial charge in [-0.2, -0.15) is 0 Å². The standard InChI is InChI=1S/C18H20N4O2/c1-4-13-7-12(8-18(23)24)5-6-14(13)21-17-9-16-15(10-19-17)20-11(2)22(16)3/h5-7,9-10H,4,8H2,1-3H3,(H,19,21)(H,23,24). The van der Waals surface area contributed by atoms with Crippen molar-refractivity contribution >= 4 is 28.5 Å². The van der Waals surface area contributed by atoms with Gasteiger partial charge < -0.3 is 15.0 Å². The highest BCUT2D eigenvalue weighted by Gasteiger charge is 2.09. The van der Waals surface area contributed by atoms with Crippen LogP contribution in [0.5, 0.6) is 0 Å². The molecule has 0 radical (unpaired) electrons. The first kappa shape index (κ1) is 16.0. The fourth-order valence-electron chi connectivity index (χ4n) is 2.77. The third-order valence-electron chi connectivity index (χ3n) is 4.16. The van der Waals surface area contributed by atoms with Crippen molar-refractivity contribution < 1.29 is 9.90 Å². The maximum Gasteiger partial charge on any atom is 0.307 e. The third-order valence-corrected chi connectivity index (χ3v) is 4.16. The molecule has 0 bridgehead atoms. The number of imidazole rings is 1. The minimum atomic E-state index is -0.823. The number of rotatable bonds is 5. The highest BCUT2D eigenvalue weighted by Crippen LogP contribution is 2.24.